The highest BCUT2D eigenvalue weighted by Crippen LogP contribution is 2.34. The third-order valence-electron chi connectivity index (χ3n) is 3.87. The van der Waals surface area contributed by atoms with Gasteiger partial charge in [-0.15, -0.1) is 0 Å². The number of pyridine rings is 1. The first-order valence-corrected chi connectivity index (χ1v) is 7.05. The number of nitrogens with zero attached hydrogens (tertiary/aromatic N) is 1. The summed E-state index contributed by atoms with van der Waals surface area (Å²) in [5.74, 6) is 0.535. The second-order valence-electron chi connectivity index (χ2n) is 5.53. The van der Waals surface area contributed by atoms with Crippen LogP contribution in [0, 0.1) is 0 Å². The fourth-order valence-electron chi connectivity index (χ4n) is 2.87. The first-order chi connectivity index (χ1) is 9.25. The molecule has 1 N–H and O–H groups in total. The van der Waals surface area contributed by atoms with Crippen LogP contribution in [0.1, 0.15) is 49.0 Å². The van der Waals surface area contributed by atoms with E-state index in [1.807, 2.05) is 12.3 Å². The van der Waals surface area contributed by atoms with Crippen molar-refractivity contribution in [1.82, 2.24) is 4.98 Å². The Bertz CT molecular complexity index is 575. The molecule has 2 heteroatoms. The van der Waals surface area contributed by atoms with E-state index in [4.69, 9.17) is 0 Å². The molecule has 1 aromatic carbocycles. The molecule has 98 valence electrons. The monoisotopic (exact) mass is 252 g/mol. The number of fused-ring (bicyclic) bond motifs is 1. The van der Waals surface area contributed by atoms with Crippen molar-refractivity contribution in [3.63, 3.8) is 0 Å². The first-order valence-electron chi connectivity index (χ1n) is 7.05. The van der Waals surface area contributed by atoms with Crippen molar-refractivity contribution in [2.75, 3.05) is 5.32 Å². The molecule has 0 radical (unpaired) electrons. The molecule has 1 unspecified atom stereocenters. The summed E-state index contributed by atoms with van der Waals surface area (Å²) < 4.78 is 0. The van der Waals surface area contributed by atoms with Crippen LogP contribution in [0.3, 0.4) is 0 Å². The molecule has 1 atom stereocenters. The lowest BCUT2D eigenvalue weighted by atomic mass is 10.0. The van der Waals surface area contributed by atoms with Gasteiger partial charge in [-0.25, -0.2) is 0 Å². The van der Waals surface area contributed by atoms with Crippen LogP contribution in [-0.4, -0.2) is 4.98 Å². The van der Waals surface area contributed by atoms with E-state index in [1.165, 1.54) is 22.5 Å². The molecule has 0 aliphatic heterocycles. The van der Waals surface area contributed by atoms with Gasteiger partial charge in [0, 0.05) is 11.9 Å². The van der Waals surface area contributed by atoms with Crippen LogP contribution in [-0.2, 0) is 6.42 Å². The number of benzene rings is 1. The average molecular weight is 252 g/mol. The lowest BCUT2D eigenvalue weighted by Crippen LogP contribution is -2.10. The summed E-state index contributed by atoms with van der Waals surface area (Å²) in [6.45, 7) is 4.47. The van der Waals surface area contributed by atoms with Crippen molar-refractivity contribution in [2.45, 2.75) is 38.6 Å². The Morgan fingerprint density at radius 1 is 1.16 bits per heavy atom. The van der Waals surface area contributed by atoms with Crippen molar-refractivity contribution >= 4 is 5.69 Å². The van der Waals surface area contributed by atoms with Crippen LogP contribution in [0.2, 0.25) is 0 Å². The maximum atomic E-state index is 4.55. The van der Waals surface area contributed by atoms with E-state index in [9.17, 15) is 0 Å². The van der Waals surface area contributed by atoms with Gasteiger partial charge >= 0.3 is 0 Å². The van der Waals surface area contributed by atoms with Crippen molar-refractivity contribution in [3.8, 4) is 0 Å². The minimum atomic E-state index is 0.357. The van der Waals surface area contributed by atoms with Crippen LogP contribution in [0.4, 0.5) is 5.69 Å². The fraction of sp³-hybridized carbons (Fsp3) is 0.353. The SMILES string of the molecule is CC(C)c1ccccc1NC1CCc2cccnc21. The molecule has 1 aromatic heterocycles. The van der Waals surface area contributed by atoms with Crippen LogP contribution in [0.25, 0.3) is 0 Å². The second-order valence-corrected chi connectivity index (χ2v) is 5.53. The number of nitrogens with one attached hydrogen (secondary N) is 1. The number of anilines is 1. The number of aromatic nitrogens is 1. The van der Waals surface area contributed by atoms with E-state index in [2.05, 4.69) is 54.5 Å². The summed E-state index contributed by atoms with van der Waals surface area (Å²) in [6, 6.07) is 13.2. The third-order valence-corrected chi connectivity index (χ3v) is 3.87. The summed E-state index contributed by atoms with van der Waals surface area (Å²) in [5.41, 5.74) is 5.25. The van der Waals surface area contributed by atoms with Crippen LogP contribution in [0.15, 0.2) is 42.6 Å². The molecular formula is C17H20N2. The van der Waals surface area contributed by atoms with Gasteiger partial charge in [0.1, 0.15) is 0 Å². The molecule has 3 rings (SSSR count). The highest BCUT2D eigenvalue weighted by atomic mass is 15.0. The van der Waals surface area contributed by atoms with E-state index in [-0.39, 0.29) is 0 Å². The smallest absolute Gasteiger partial charge is 0.0691 e. The number of rotatable bonds is 3. The zero-order valence-electron chi connectivity index (χ0n) is 11.6. The lowest BCUT2D eigenvalue weighted by molar-refractivity contribution is 0.740. The Morgan fingerprint density at radius 2 is 2.00 bits per heavy atom. The van der Waals surface area contributed by atoms with Crippen molar-refractivity contribution in [2.24, 2.45) is 0 Å². The summed E-state index contributed by atoms with van der Waals surface area (Å²) in [5, 5.41) is 3.68. The maximum Gasteiger partial charge on any atom is 0.0691 e. The zero-order valence-corrected chi connectivity index (χ0v) is 11.6. The Labute approximate surface area is 114 Å². The Kier molecular flexibility index (Phi) is 3.24. The summed E-state index contributed by atoms with van der Waals surface area (Å²) >= 11 is 0. The van der Waals surface area contributed by atoms with E-state index < -0.39 is 0 Å². The number of hydrogen-bond acceptors (Lipinski definition) is 2. The molecule has 0 spiro atoms. The Balaban J connectivity index is 1.88. The number of para-hydroxylation sites is 1. The molecule has 0 saturated heterocycles. The van der Waals surface area contributed by atoms with Crippen molar-refractivity contribution in [1.29, 1.82) is 0 Å². The second kappa shape index (κ2) is 5.04. The van der Waals surface area contributed by atoms with Gasteiger partial charge in [0.25, 0.3) is 0 Å². The minimum absolute atomic E-state index is 0.357. The summed E-state index contributed by atoms with van der Waals surface area (Å²) in [6.07, 6.45) is 4.16. The molecule has 0 fully saturated rings. The quantitative estimate of drug-likeness (QED) is 0.880. The van der Waals surface area contributed by atoms with Gasteiger partial charge in [0.05, 0.1) is 11.7 Å². The minimum Gasteiger partial charge on any atom is -0.376 e. The van der Waals surface area contributed by atoms with E-state index >= 15 is 0 Å². The van der Waals surface area contributed by atoms with E-state index in [0.29, 0.717) is 12.0 Å². The molecule has 2 nitrogen and oxygen atoms in total. The highest BCUT2D eigenvalue weighted by Gasteiger charge is 2.23. The first kappa shape index (κ1) is 12.2. The normalized spacial score (nSPS) is 17.5. The maximum absolute atomic E-state index is 4.55. The predicted octanol–water partition coefficient (Wildman–Crippen LogP) is 4.30. The van der Waals surface area contributed by atoms with Crippen LogP contribution >= 0.6 is 0 Å². The molecule has 0 bridgehead atoms. The molecular weight excluding hydrogens is 232 g/mol. The van der Waals surface area contributed by atoms with Gasteiger partial charge in [0.15, 0.2) is 0 Å². The zero-order chi connectivity index (χ0) is 13.2. The largest absolute Gasteiger partial charge is 0.376 e. The fourth-order valence-corrected chi connectivity index (χ4v) is 2.87. The van der Waals surface area contributed by atoms with Crippen molar-refractivity contribution < 1.29 is 0 Å². The molecule has 0 saturated carbocycles. The van der Waals surface area contributed by atoms with Gasteiger partial charge in [-0.3, -0.25) is 4.98 Å². The summed E-state index contributed by atoms with van der Waals surface area (Å²) in [4.78, 5) is 4.55. The Morgan fingerprint density at radius 3 is 2.84 bits per heavy atom. The topological polar surface area (TPSA) is 24.9 Å². The van der Waals surface area contributed by atoms with Crippen molar-refractivity contribution in [3.05, 3.63) is 59.4 Å². The van der Waals surface area contributed by atoms with Gasteiger partial charge in [0.2, 0.25) is 0 Å². The Hall–Kier alpha value is -1.83. The molecule has 0 amide bonds. The molecule has 1 aliphatic rings. The van der Waals surface area contributed by atoms with Gasteiger partial charge < -0.3 is 5.32 Å². The molecule has 1 heterocycles. The number of aryl methyl sites for hydroxylation is 1. The third kappa shape index (κ3) is 2.35. The standard InChI is InChI=1S/C17H20N2/c1-12(2)14-7-3-4-8-15(14)19-16-10-9-13-6-5-11-18-17(13)16/h3-8,11-12,16,19H,9-10H2,1-2H3. The van der Waals surface area contributed by atoms with Crippen LogP contribution in [0.5, 0.6) is 0 Å². The van der Waals surface area contributed by atoms with Gasteiger partial charge in [-0.05, 0) is 42.0 Å². The molecule has 19 heavy (non-hydrogen) atoms. The lowest BCUT2D eigenvalue weighted by Gasteiger charge is -2.19. The predicted molar refractivity (Wildman–Crippen MR) is 79.5 cm³/mol. The van der Waals surface area contributed by atoms with Gasteiger partial charge in [-0.2, -0.15) is 0 Å². The van der Waals surface area contributed by atoms with Crippen LogP contribution < -0.4 is 5.32 Å². The molecule has 2 aromatic rings. The highest BCUT2D eigenvalue weighted by molar-refractivity contribution is 5.54. The van der Waals surface area contributed by atoms with E-state index in [0.717, 1.165) is 12.8 Å². The van der Waals surface area contributed by atoms with E-state index in [1.54, 1.807) is 0 Å². The average Bonchev–Trinajstić information content (AvgIpc) is 2.83. The summed E-state index contributed by atoms with van der Waals surface area (Å²) in [7, 11) is 0. The molecule has 1 aliphatic carbocycles. The van der Waals surface area contributed by atoms with Gasteiger partial charge in [-0.1, -0.05) is 38.1 Å². The number of hydrogen-bond donors (Lipinski definition) is 1.